The maximum atomic E-state index is 13.8. The van der Waals surface area contributed by atoms with Gasteiger partial charge in [-0.3, -0.25) is 4.79 Å². The molecule has 0 aromatic heterocycles. The lowest BCUT2D eigenvalue weighted by Gasteiger charge is -2.26. The lowest BCUT2D eigenvalue weighted by molar-refractivity contribution is 0.0728. The minimum absolute atomic E-state index is 0.159. The number of hydrogen-bond donors (Lipinski definition) is 1. The van der Waals surface area contributed by atoms with Crippen LogP contribution in [0.3, 0.4) is 0 Å². The van der Waals surface area contributed by atoms with Crippen LogP contribution in [0, 0.1) is 17.6 Å². The molecule has 5 heteroatoms. The minimum Gasteiger partial charge on any atom is -0.337 e. The van der Waals surface area contributed by atoms with E-state index in [1.54, 1.807) is 4.90 Å². The van der Waals surface area contributed by atoms with Gasteiger partial charge in [0.05, 0.1) is 5.56 Å². The predicted octanol–water partition coefficient (Wildman–Crippen LogP) is 2.57. The van der Waals surface area contributed by atoms with E-state index >= 15 is 0 Å². The molecule has 0 radical (unpaired) electrons. The number of carbonyl (C=O) groups is 1. The SMILES string of the molecule is O=C(c1cc(F)ccc1F)N(CC1CC1)CC1CCCN1. The molecule has 1 aromatic carbocycles. The van der Waals surface area contributed by atoms with E-state index in [2.05, 4.69) is 5.32 Å². The Bertz CT molecular complexity index is 525. The topological polar surface area (TPSA) is 32.3 Å². The van der Waals surface area contributed by atoms with E-state index in [0.29, 0.717) is 19.0 Å². The van der Waals surface area contributed by atoms with Crippen LogP contribution in [0.2, 0.25) is 0 Å². The number of nitrogens with one attached hydrogen (secondary N) is 1. The zero-order chi connectivity index (χ0) is 14.8. The third-order valence-electron chi connectivity index (χ3n) is 4.22. The molecule has 1 amide bonds. The first kappa shape index (κ1) is 14.4. The van der Waals surface area contributed by atoms with Crippen molar-refractivity contribution < 1.29 is 13.6 Å². The van der Waals surface area contributed by atoms with Gasteiger partial charge in [0.25, 0.3) is 5.91 Å². The van der Waals surface area contributed by atoms with Crippen LogP contribution in [0.4, 0.5) is 8.78 Å². The van der Waals surface area contributed by atoms with Crippen molar-refractivity contribution >= 4 is 5.91 Å². The highest BCUT2D eigenvalue weighted by atomic mass is 19.1. The molecule has 1 aromatic rings. The lowest BCUT2D eigenvalue weighted by Crippen LogP contribution is -2.42. The summed E-state index contributed by atoms with van der Waals surface area (Å²) in [6, 6.07) is 3.32. The molecule has 0 bridgehead atoms. The summed E-state index contributed by atoms with van der Waals surface area (Å²) in [7, 11) is 0. The molecule has 1 unspecified atom stereocenters. The summed E-state index contributed by atoms with van der Waals surface area (Å²) in [5.41, 5.74) is -0.159. The summed E-state index contributed by atoms with van der Waals surface area (Å²) >= 11 is 0. The van der Waals surface area contributed by atoms with Crippen LogP contribution in [0.15, 0.2) is 18.2 Å². The Kier molecular flexibility index (Phi) is 4.19. The summed E-state index contributed by atoms with van der Waals surface area (Å²) < 4.78 is 27.1. The van der Waals surface area contributed by atoms with Gasteiger partial charge in [-0.05, 0) is 56.3 Å². The van der Waals surface area contributed by atoms with Gasteiger partial charge in [-0.1, -0.05) is 0 Å². The standard InChI is InChI=1S/C16H20F2N2O/c17-12-5-6-15(18)14(8-12)16(21)20(9-11-3-4-11)10-13-2-1-7-19-13/h5-6,8,11,13,19H,1-4,7,9-10H2. The van der Waals surface area contributed by atoms with Gasteiger partial charge in [-0.25, -0.2) is 8.78 Å². The van der Waals surface area contributed by atoms with Gasteiger partial charge in [0.15, 0.2) is 0 Å². The summed E-state index contributed by atoms with van der Waals surface area (Å²) in [5, 5.41) is 3.35. The minimum atomic E-state index is -0.651. The van der Waals surface area contributed by atoms with E-state index in [-0.39, 0.29) is 11.6 Å². The molecule has 1 aliphatic carbocycles. The Morgan fingerprint density at radius 2 is 2.05 bits per heavy atom. The van der Waals surface area contributed by atoms with Gasteiger partial charge in [0.1, 0.15) is 11.6 Å². The first-order chi connectivity index (χ1) is 10.1. The molecular formula is C16H20F2N2O. The molecule has 3 nitrogen and oxygen atoms in total. The monoisotopic (exact) mass is 294 g/mol. The molecule has 1 heterocycles. The van der Waals surface area contributed by atoms with Crippen LogP contribution in [0.25, 0.3) is 0 Å². The van der Waals surface area contributed by atoms with Gasteiger partial charge < -0.3 is 10.2 Å². The van der Waals surface area contributed by atoms with Crippen LogP contribution in [0.5, 0.6) is 0 Å². The molecule has 1 saturated carbocycles. The molecule has 1 N–H and O–H groups in total. The maximum Gasteiger partial charge on any atom is 0.256 e. The molecule has 21 heavy (non-hydrogen) atoms. The quantitative estimate of drug-likeness (QED) is 0.905. The van der Waals surface area contributed by atoms with E-state index in [1.165, 1.54) is 0 Å². The van der Waals surface area contributed by atoms with E-state index in [1.807, 2.05) is 0 Å². The Balaban J connectivity index is 1.76. The number of rotatable bonds is 5. The fourth-order valence-electron chi connectivity index (χ4n) is 2.86. The number of halogens is 2. The van der Waals surface area contributed by atoms with Gasteiger partial charge >= 0.3 is 0 Å². The van der Waals surface area contributed by atoms with E-state index < -0.39 is 17.5 Å². The van der Waals surface area contributed by atoms with Crippen LogP contribution in [0.1, 0.15) is 36.0 Å². The molecule has 0 spiro atoms. The van der Waals surface area contributed by atoms with Gasteiger partial charge in [-0.2, -0.15) is 0 Å². The first-order valence-electron chi connectivity index (χ1n) is 7.61. The maximum absolute atomic E-state index is 13.8. The summed E-state index contributed by atoms with van der Waals surface area (Å²) in [5.74, 6) is -1.11. The average molecular weight is 294 g/mol. The second-order valence-corrected chi connectivity index (χ2v) is 6.07. The van der Waals surface area contributed by atoms with E-state index in [4.69, 9.17) is 0 Å². The zero-order valence-corrected chi connectivity index (χ0v) is 11.9. The summed E-state index contributed by atoms with van der Waals surface area (Å²) in [4.78, 5) is 14.3. The van der Waals surface area contributed by atoms with Crippen LogP contribution < -0.4 is 5.32 Å². The van der Waals surface area contributed by atoms with Gasteiger partial charge in [-0.15, -0.1) is 0 Å². The fourth-order valence-corrected chi connectivity index (χ4v) is 2.86. The molecule has 2 aliphatic rings. The number of benzene rings is 1. The molecule has 114 valence electrons. The highest BCUT2D eigenvalue weighted by Gasteiger charge is 2.30. The second-order valence-electron chi connectivity index (χ2n) is 6.07. The van der Waals surface area contributed by atoms with Crippen molar-refractivity contribution in [2.75, 3.05) is 19.6 Å². The predicted molar refractivity (Wildman–Crippen MR) is 76.0 cm³/mol. The van der Waals surface area contributed by atoms with Crippen molar-refractivity contribution in [3.05, 3.63) is 35.4 Å². The fraction of sp³-hybridized carbons (Fsp3) is 0.562. The number of amides is 1. The first-order valence-corrected chi connectivity index (χ1v) is 7.61. The number of carbonyl (C=O) groups excluding carboxylic acids is 1. The Labute approximate surface area is 123 Å². The van der Waals surface area contributed by atoms with Crippen LogP contribution in [-0.2, 0) is 0 Å². The van der Waals surface area contributed by atoms with Crippen LogP contribution in [-0.4, -0.2) is 36.5 Å². The summed E-state index contributed by atoms with van der Waals surface area (Å²) in [6.45, 7) is 2.18. The highest BCUT2D eigenvalue weighted by molar-refractivity contribution is 5.94. The van der Waals surface area contributed by atoms with E-state index in [0.717, 1.165) is 50.4 Å². The van der Waals surface area contributed by atoms with Crippen LogP contribution >= 0.6 is 0 Å². The largest absolute Gasteiger partial charge is 0.337 e. The molecule has 3 rings (SSSR count). The van der Waals surface area contributed by atoms with Crippen molar-refractivity contribution in [3.63, 3.8) is 0 Å². The average Bonchev–Trinajstić information content (AvgIpc) is 3.13. The summed E-state index contributed by atoms with van der Waals surface area (Å²) in [6.07, 6.45) is 4.37. The van der Waals surface area contributed by atoms with E-state index in [9.17, 15) is 13.6 Å². The third kappa shape index (κ3) is 3.59. The van der Waals surface area contributed by atoms with Crippen molar-refractivity contribution in [1.82, 2.24) is 10.2 Å². The van der Waals surface area contributed by atoms with Crippen molar-refractivity contribution in [3.8, 4) is 0 Å². The number of hydrogen-bond acceptors (Lipinski definition) is 2. The van der Waals surface area contributed by atoms with Crippen molar-refractivity contribution in [1.29, 1.82) is 0 Å². The number of nitrogens with zero attached hydrogens (tertiary/aromatic N) is 1. The molecule has 1 aliphatic heterocycles. The van der Waals surface area contributed by atoms with Crippen molar-refractivity contribution in [2.45, 2.75) is 31.7 Å². The molecule has 1 saturated heterocycles. The Morgan fingerprint density at radius 1 is 1.24 bits per heavy atom. The lowest BCUT2D eigenvalue weighted by atomic mass is 10.1. The zero-order valence-electron chi connectivity index (χ0n) is 11.9. The molecular weight excluding hydrogens is 274 g/mol. The second kappa shape index (κ2) is 6.10. The van der Waals surface area contributed by atoms with Gasteiger partial charge in [0, 0.05) is 19.1 Å². The highest BCUT2D eigenvalue weighted by Crippen LogP contribution is 2.30. The molecule has 1 atom stereocenters. The van der Waals surface area contributed by atoms with Gasteiger partial charge in [0.2, 0.25) is 0 Å². The molecule has 2 fully saturated rings. The normalized spacial score (nSPS) is 21.5. The Morgan fingerprint density at radius 3 is 2.71 bits per heavy atom. The third-order valence-corrected chi connectivity index (χ3v) is 4.22. The van der Waals surface area contributed by atoms with Crippen molar-refractivity contribution in [2.24, 2.45) is 5.92 Å². The smallest absolute Gasteiger partial charge is 0.256 e. The Hall–Kier alpha value is -1.49.